The van der Waals surface area contributed by atoms with Crippen molar-refractivity contribution in [2.45, 2.75) is 25.8 Å². The maximum absolute atomic E-state index is 12.3. The molecule has 1 aliphatic rings. The summed E-state index contributed by atoms with van der Waals surface area (Å²) in [6.07, 6.45) is 3.10. The Morgan fingerprint density at radius 2 is 1.52 bits per heavy atom. The minimum absolute atomic E-state index is 0.189. The third-order valence-electron chi connectivity index (χ3n) is 4.09. The van der Waals surface area contributed by atoms with Crippen molar-refractivity contribution >= 4 is 5.78 Å². The van der Waals surface area contributed by atoms with Crippen molar-refractivity contribution in [3.05, 3.63) is 71.3 Å². The number of carbonyl (C=O) groups excluding carboxylic acids is 1. The lowest BCUT2D eigenvalue weighted by Gasteiger charge is -2.14. The maximum atomic E-state index is 12.3. The molecular weight excluding hydrogens is 258 g/mol. The van der Waals surface area contributed by atoms with Gasteiger partial charge in [-0.25, -0.2) is 0 Å². The van der Waals surface area contributed by atoms with Gasteiger partial charge in [-0.2, -0.15) is 0 Å². The molecule has 0 unspecified atom stereocenters. The zero-order valence-corrected chi connectivity index (χ0v) is 12.3. The van der Waals surface area contributed by atoms with Crippen LogP contribution in [0.4, 0.5) is 0 Å². The molecule has 0 bridgehead atoms. The van der Waals surface area contributed by atoms with Gasteiger partial charge in [0.25, 0.3) is 0 Å². The summed E-state index contributed by atoms with van der Waals surface area (Å²) in [5.74, 6) is 0.189. The number of hydrogen-bond donors (Lipinski definition) is 0. The number of carbonyl (C=O) groups is 1. The Kier molecular flexibility index (Phi) is 4.46. The zero-order chi connectivity index (χ0) is 14.5. The van der Waals surface area contributed by atoms with Crippen LogP contribution in [-0.2, 0) is 13.0 Å². The first-order valence-electron chi connectivity index (χ1n) is 7.70. The van der Waals surface area contributed by atoms with Gasteiger partial charge in [0.2, 0.25) is 0 Å². The van der Waals surface area contributed by atoms with Crippen LogP contribution in [0, 0.1) is 0 Å². The van der Waals surface area contributed by atoms with E-state index >= 15 is 0 Å². The quantitative estimate of drug-likeness (QED) is 0.778. The minimum Gasteiger partial charge on any atom is -0.299 e. The van der Waals surface area contributed by atoms with Gasteiger partial charge in [-0.1, -0.05) is 54.6 Å². The Morgan fingerprint density at radius 3 is 2.19 bits per heavy atom. The Morgan fingerprint density at radius 1 is 0.857 bits per heavy atom. The molecule has 0 atom stereocenters. The predicted molar refractivity (Wildman–Crippen MR) is 85.4 cm³/mol. The van der Waals surface area contributed by atoms with E-state index in [-0.39, 0.29) is 5.78 Å². The van der Waals surface area contributed by atoms with Gasteiger partial charge < -0.3 is 0 Å². The van der Waals surface area contributed by atoms with Crippen molar-refractivity contribution in [1.82, 2.24) is 4.90 Å². The molecule has 0 aromatic heterocycles. The highest BCUT2D eigenvalue weighted by Crippen LogP contribution is 2.14. The SMILES string of the molecule is O=C(Cc1ccccc1)c1ccc(CN2CCCC2)cc1. The Balaban J connectivity index is 1.62. The second-order valence-corrected chi connectivity index (χ2v) is 5.77. The summed E-state index contributed by atoms with van der Waals surface area (Å²) in [5, 5.41) is 0. The van der Waals surface area contributed by atoms with Crippen molar-refractivity contribution < 1.29 is 4.79 Å². The van der Waals surface area contributed by atoms with Gasteiger partial charge in [0.05, 0.1) is 0 Å². The lowest BCUT2D eigenvalue weighted by molar-refractivity contribution is 0.0993. The monoisotopic (exact) mass is 279 g/mol. The lowest BCUT2D eigenvalue weighted by Crippen LogP contribution is -2.18. The number of benzene rings is 2. The highest BCUT2D eigenvalue weighted by atomic mass is 16.1. The van der Waals surface area contributed by atoms with E-state index in [0.717, 1.165) is 17.7 Å². The summed E-state index contributed by atoms with van der Waals surface area (Å²) < 4.78 is 0. The average Bonchev–Trinajstić information content (AvgIpc) is 3.02. The van der Waals surface area contributed by atoms with Crippen LogP contribution in [-0.4, -0.2) is 23.8 Å². The van der Waals surface area contributed by atoms with Crippen LogP contribution in [0.5, 0.6) is 0 Å². The number of rotatable bonds is 5. The van der Waals surface area contributed by atoms with Crippen LogP contribution in [0.1, 0.15) is 34.3 Å². The van der Waals surface area contributed by atoms with Crippen LogP contribution >= 0.6 is 0 Å². The molecule has 2 nitrogen and oxygen atoms in total. The first kappa shape index (κ1) is 14.0. The summed E-state index contributed by atoms with van der Waals surface area (Å²) in [6, 6.07) is 18.0. The van der Waals surface area contributed by atoms with Crippen LogP contribution in [0.3, 0.4) is 0 Å². The predicted octanol–water partition coefficient (Wildman–Crippen LogP) is 3.71. The summed E-state index contributed by atoms with van der Waals surface area (Å²) in [5.41, 5.74) is 3.18. The van der Waals surface area contributed by atoms with Crippen molar-refractivity contribution in [2.24, 2.45) is 0 Å². The van der Waals surface area contributed by atoms with Gasteiger partial charge in [-0.3, -0.25) is 9.69 Å². The molecule has 1 aliphatic heterocycles. The van der Waals surface area contributed by atoms with E-state index in [4.69, 9.17) is 0 Å². The zero-order valence-electron chi connectivity index (χ0n) is 12.3. The molecule has 0 spiro atoms. The van der Waals surface area contributed by atoms with Crippen LogP contribution in [0.2, 0.25) is 0 Å². The molecule has 21 heavy (non-hydrogen) atoms. The molecule has 1 heterocycles. The molecule has 0 aliphatic carbocycles. The Bertz CT molecular complexity index is 583. The molecule has 108 valence electrons. The van der Waals surface area contributed by atoms with Gasteiger partial charge in [0.1, 0.15) is 0 Å². The molecule has 0 amide bonds. The van der Waals surface area contributed by atoms with E-state index in [2.05, 4.69) is 17.0 Å². The number of Topliss-reactive ketones (excluding diaryl/α,β-unsaturated/α-hetero) is 1. The van der Waals surface area contributed by atoms with E-state index in [9.17, 15) is 4.79 Å². The van der Waals surface area contributed by atoms with E-state index < -0.39 is 0 Å². The van der Waals surface area contributed by atoms with Crippen molar-refractivity contribution in [2.75, 3.05) is 13.1 Å². The molecule has 2 aromatic carbocycles. The van der Waals surface area contributed by atoms with E-state index in [1.54, 1.807) is 0 Å². The average molecular weight is 279 g/mol. The lowest BCUT2D eigenvalue weighted by atomic mass is 10.0. The van der Waals surface area contributed by atoms with Crippen LogP contribution in [0.15, 0.2) is 54.6 Å². The second-order valence-electron chi connectivity index (χ2n) is 5.77. The molecule has 2 aromatic rings. The van der Waals surface area contributed by atoms with Crippen molar-refractivity contribution in [3.8, 4) is 0 Å². The molecule has 0 saturated carbocycles. The number of likely N-dealkylation sites (tertiary alicyclic amines) is 1. The molecule has 0 N–H and O–H groups in total. The van der Waals surface area contributed by atoms with E-state index in [1.807, 2.05) is 42.5 Å². The number of ketones is 1. The summed E-state index contributed by atoms with van der Waals surface area (Å²) in [4.78, 5) is 14.7. The van der Waals surface area contributed by atoms with Crippen LogP contribution in [0.25, 0.3) is 0 Å². The van der Waals surface area contributed by atoms with E-state index in [1.165, 1.54) is 31.5 Å². The van der Waals surface area contributed by atoms with Crippen LogP contribution < -0.4 is 0 Å². The fourth-order valence-electron chi connectivity index (χ4n) is 2.88. The van der Waals surface area contributed by atoms with Gasteiger partial charge in [-0.15, -0.1) is 0 Å². The maximum Gasteiger partial charge on any atom is 0.167 e. The van der Waals surface area contributed by atoms with Gasteiger partial charge >= 0.3 is 0 Å². The molecule has 1 saturated heterocycles. The summed E-state index contributed by atoms with van der Waals surface area (Å²) in [6.45, 7) is 3.41. The summed E-state index contributed by atoms with van der Waals surface area (Å²) >= 11 is 0. The largest absolute Gasteiger partial charge is 0.299 e. The van der Waals surface area contributed by atoms with Crippen molar-refractivity contribution in [3.63, 3.8) is 0 Å². The van der Waals surface area contributed by atoms with Gasteiger partial charge in [0, 0.05) is 18.5 Å². The third kappa shape index (κ3) is 3.79. The standard InChI is InChI=1S/C19H21NO/c21-19(14-16-6-2-1-3-7-16)18-10-8-17(9-11-18)15-20-12-4-5-13-20/h1-3,6-11H,4-5,12-15H2. The first-order valence-corrected chi connectivity index (χ1v) is 7.70. The number of hydrogen-bond acceptors (Lipinski definition) is 2. The first-order chi connectivity index (χ1) is 10.3. The minimum atomic E-state index is 0.189. The molecule has 3 rings (SSSR count). The summed E-state index contributed by atoms with van der Waals surface area (Å²) in [7, 11) is 0. The molecular formula is C19H21NO. The Labute approximate surface area is 126 Å². The number of nitrogens with zero attached hydrogens (tertiary/aromatic N) is 1. The van der Waals surface area contributed by atoms with E-state index in [0.29, 0.717) is 6.42 Å². The smallest absolute Gasteiger partial charge is 0.167 e. The Hall–Kier alpha value is -1.93. The second kappa shape index (κ2) is 6.68. The van der Waals surface area contributed by atoms with Gasteiger partial charge in [-0.05, 0) is 37.1 Å². The fourth-order valence-corrected chi connectivity index (χ4v) is 2.88. The topological polar surface area (TPSA) is 20.3 Å². The highest BCUT2D eigenvalue weighted by Gasteiger charge is 2.12. The fraction of sp³-hybridized carbons (Fsp3) is 0.316. The molecule has 1 fully saturated rings. The van der Waals surface area contributed by atoms with Crippen molar-refractivity contribution in [1.29, 1.82) is 0 Å². The molecule has 2 heteroatoms. The third-order valence-corrected chi connectivity index (χ3v) is 4.09. The molecule has 0 radical (unpaired) electrons. The van der Waals surface area contributed by atoms with Gasteiger partial charge in [0.15, 0.2) is 5.78 Å². The normalized spacial score (nSPS) is 15.2. The highest BCUT2D eigenvalue weighted by molar-refractivity contribution is 5.97.